The van der Waals surface area contributed by atoms with E-state index in [2.05, 4.69) is 10.2 Å². The molecule has 2 rings (SSSR count). The summed E-state index contributed by atoms with van der Waals surface area (Å²) in [4.78, 5) is 9.85. The van der Waals surface area contributed by atoms with Crippen LogP contribution in [-0.4, -0.2) is 19.5 Å². The van der Waals surface area contributed by atoms with Crippen LogP contribution in [0.3, 0.4) is 0 Å². The number of fused-ring (bicyclic) bond motifs is 1. The number of nitrogens with zero attached hydrogens (tertiary/aromatic N) is 4. The average molecular weight is 164 g/mol. The van der Waals surface area contributed by atoms with E-state index in [0.717, 1.165) is 0 Å². The summed E-state index contributed by atoms with van der Waals surface area (Å²) in [5.41, 5.74) is 0.500. The number of nitro groups is 1. The van der Waals surface area contributed by atoms with Crippen LogP contribution in [0.5, 0.6) is 0 Å². The molecule has 0 spiro atoms. The summed E-state index contributed by atoms with van der Waals surface area (Å²) >= 11 is 0. The van der Waals surface area contributed by atoms with E-state index in [1.165, 1.54) is 18.5 Å². The van der Waals surface area contributed by atoms with Crippen LogP contribution in [0.15, 0.2) is 24.7 Å². The molecule has 0 unspecified atom stereocenters. The normalized spacial score (nSPS) is 10.3. The van der Waals surface area contributed by atoms with Gasteiger partial charge in [0.15, 0.2) is 5.65 Å². The average Bonchev–Trinajstić information content (AvgIpc) is 2.49. The minimum atomic E-state index is -0.464. The zero-order valence-corrected chi connectivity index (χ0v) is 5.91. The van der Waals surface area contributed by atoms with Gasteiger partial charge < -0.3 is 0 Å². The number of hydrogen-bond donors (Lipinski definition) is 0. The van der Waals surface area contributed by atoms with E-state index >= 15 is 0 Å². The molecule has 6 heteroatoms. The molecule has 0 aromatic carbocycles. The van der Waals surface area contributed by atoms with Crippen molar-refractivity contribution in [1.82, 2.24) is 14.6 Å². The second kappa shape index (κ2) is 2.26. The van der Waals surface area contributed by atoms with Gasteiger partial charge >= 0.3 is 0 Å². The van der Waals surface area contributed by atoms with Crippen molar-refractivity contribution in [1.29, 1.82) is 0 Å². The standard InChI is InChI=1S/C6H4N4O2/c11-10(12)5-1-2-9-4-7-8-6(9)3-5/h1-4H. The van der Waals surface area contributed by atoms with E-state index in [9.17, 15) is 10.1 Å². The SMILES string of the molecule is O=[N+]([O-])c1ccn2cnnc2c1. The summed E-state index contributed by atoms with van der Waals surface area (Å²) in [6, 6.07) is 2.77. The Kier molecular flexibility index (Phi) is 1.26. The van der Waals surface area contributed by atoms with Crippen LogP contribution in [0.4, 0.5) is 5.69 Å². The smallest absolute Gasteiger partial charge is 0.274 e. The predicted octanol–water partition coefficient (Wildman–Crippen LogP) is 0.637. The lowest BCUT2D eigenvalue weighted by atomic mass is 10.4. The van der Waals surface area contributed by atoms with Gasteiger partial charge in [-0.05, 0) is 0 Å². The second-order valence-electron chi connectivity index (χ2n) is 2.24. The van der Waals surface area contributed by atoms with Gasteiger partial charge in [-0.3, -0.25) is 14.5 Å². The monoisotopic (exact) mass is 164 g/mol. The van der Waals surface area contributed by atoms with Crippen molar-refractivity contribution < 1.29 is 4.92 Å². The van der Waals surface area contributed by atoms with E-state index in [4.69, 9.17) is 0 Å². The number of pyridine rings is 1. The molecule has 6 nitrogen and oxygen atoms in total. The van der Waals surface area contributed by atoms with Crippen molar-refractivity contribution in [2.45, 2.75) is 0 Å². The van der Waals surface area contributed by atoms with Crippen LogP contribution in [-0.2, 0) is 0 Å². The van der Waals surface area contributed by atoms with E-state index in [0.29, 0.717) is 5.65 Å². The molecule has 0 saturated heterocycles. The van der Waals surface area contributed by atoms with Crippen molar-refractivity contribution in [2.24, 2.45) is 0 Å². The minimum Gasteiger partial charge on any atom is -0.289 e. The summed E-state index contributed by atoms with van der Waals surface area (Å²) in [6.07, 6.45) is 3.03. The van der Waals surface area contributed by atoms with E-state index in [-0.39, 0.29) is 5.69 Å². The lowest BCUT2D eigenvalue weighted by Gasteiger charge is -1.90. The molecule has 0 radical (unpaired) electrons. The van der Waals surface area contributed by atoms with Gasteiger partial charge in [-0.2, -0.15) is 0 Å². The van der Waals surface area contributed by atoms with Crippen LogP contribution in [0.25, 0.3) is 5.65 Å². The Morgan fingerprint density at radius 3 is 3.17 bits per heavy atom. The molecular weight excluding hydrogens is 160 g/mol. The van der Waals surface area contributed by atoms with E-state index in [1.54, 1.807) is 10.6 Å². The quantitative estimate of drug-likeness (QED) is 0.457. The molecule has 2 aromatic rings. The highest BCUT2D eigenvalue weighted by Crippen LogP contribution is 2.11. The van der Waals surface area contributed by atoms with Crippen molar-refractivity contribution in [3.8, 4) is 0 Å². The maximum absolute atomic E-state index is 10.3. The van der Waals surface area contributed by atoms with Gasteiger partial charge in [-0.15, -0.1) is 10.2 Å². The van der Waals surface area contributed by atoms with Crippen LogP contribution in [0, 0.1) is 10.1 Å². The van der Waals surface area contributed by atoms with Gasteiger partial charge in [0, 0.05) is 12.3 Å². The second-order valence-corrected chi connectivity index (χ2v) is 2.24. The maximum atomic E-state index is 10.3. The Hall–Kier alpha value is -1.98. The first-order chi connectivity index (χ1) is 5.77. The van der Waals surface area contributed by atoms with Crippen LogP contribution in [0.2, 0.25) is 0 Å². The molecule has 0 atom stereocenters. The first-order valence-corrected chi connectivity index (χ1v) is 3.21. The van der Waals surface area contributed by atoms with Crippen molar-refractivity contribution in [3.63, 3.8) is 0 Å². The fraction of sp³-hybridized carbons (Fsp3) is 0. The van der Waals surface area contributed by atoms with Crippen LogP contribution in [0.1, 0.15) is 0 Å². The molecule has 2 aromatic heterocycles. The molecule has 60 valence electrons. The van der Waals surface area contributed by atoms with Crippen molar-refractivity contribution >= 4 is 11.3 Å². The molecule has 0 aliphatic carbocycles. The van der Waals surface area contributed by atoms with Crippen LogP contribution >= 0.6 is 0 Å². The van der Waals surface area contributed by atoms with Gasteiger partial charge in [0.05, 0.1) is 11.0 Å². The minimum absolute atomic E-state index is 0.0236. The summed E-state index contributed by atoms with van der Waals surface area (Å²) < 4.78 is 1.60. The summed E-state index contributed by atoms with van der Waals surface area (Å²) in [5.74, 6) is 0. The largest absolute Gasteiger partial charge is 0.289 e. The van der Waals surface area contributed by atoms with E-state index < -0.39 is 4.92 Å². The highest BCUT2D eigenvalue weighted by Gasteiger charge is 2.05. The first-order valence-electron chi connectivity index (χ1n) is 3.21. The summed E-state index contributed by atoms with van der Waals surface area (Å²) in [5, 5.41) is 17.6. The zero-order valence-electron chi connectivity index (χ0n) is 5.91. The fourth-order valence-corrected chi connectivity index (χ4v) is 0.920. The number of rotatable bonds is 1. The molecule has 12 heavy (non-hydrogen) atoms. The maximum Gasteiger partial charge on any atom is 0.274 e. The first kappa shape index (κ1) is 6.71. The lowest BCUT2D eigenvalue weighted by Crippen LogP contribution is -1.89. The molecule has 0 N–H and O–H groups in total. The Labute approximate surface area is 66.6 Å². The molecule has 0 bridgehead atoms. The Bertz CT molecular complexity index is 436. The zero-order chi connectivity index (χ0) is 8.55. The topological polar surface area (TPSA) is 73.3 Å². The van der Waals surface area contributed by atoms with Crippen LogP contribution < -0.4 is 0 Å². The molecule has 0 fully saturated rings. The third kappa shape index (κ3) is 0.895. The molecule has 2 heterocycles. The van der Waals surface area contributed by atoms with Crippen molar-refractivity contribution in [3.05, 3.63) is 34.8 Å². The molecule has 0 aliphatic rings. The Morgan fingerprint density at radius 2 is 2.42 bits per heavy atom. The van der Waals surface area contributed by atoms with Crippen molar-refractivity contribution in [2.75, 3.05) is 0 Å². The highest BCUT2D eigenvalue weighted by molar-refractivity contribution is 5.46. The number of aromatic nitrogens is 3. The van der Waals surface area contributed by atoms with Gasteiger partial charge in [-0.25, -0.2) is 0 Å². The third-order valence-corrected chi connectivity index (χ3v) is 1.49. The third-order valence-electron chi connectivity index (χ3n) is 1.49. The summed E-state index contributed by atoms with van der Waals surface area (Å²) in [6.45, 7) is 0. The summed E-state index contributed by atoms with van der Waals surface area (Å²) in [7, 11) is 0. The lowest BCUT2D eigenvalue weighted by molar-refractivity contribution is -0.384. The Morgan fingerprint density at radius 1 is 1.58 bits per heavy atom. The van der Waals surface area contributed by atoms with Gasteiger partial charge in [0.2, 0.25) is 0 Å². The van der Waals surface area contributed by atoms with Gasteiger partial charge in [0.25, 0.3) is 5.69 Å². The molecule has 0 saturated carbocycles. The Balaban J connectivity index is 2.68. The fourth-order valence-electron chi connectivity index (χ4n) is 0.920. The molecule has 0 aliphatic heterocycles. The molecule has 0 amide bonds. The highest BCUT2D eigenvalue weighted by atomic mass is 16.6. The van der Waals surface area contributed by atoms with E-state index in [1.807, 2.05) is 0 Å². The van der Waals surface area contributed by atoms with Gasteiger partial charge in [0.1, 0.15) is 6.33 Å². The predicted molar refractivity (Wildman–Crippen MR) is 39.6 cm³/mol. The number of hydrogen-bond acceptors (Lipinski definition) is 4. The van der Waals surface area contributed by atoms with Gasteiger partial charge in [-0.1, -0.05) is 0 Å². The molecular formula is C6H4N4O2.